The quantitative estimate of drug-likeness (QED) is 0.865. The molecule has 0 aliphatic carbocycles. The normalized spacial score (nSPS) is 18.6. The van der Waals surface area contributed by atoms with Crippen LogP contribution in [0.3, 0.4) is 0 Å². The van der Waals surface area contributed by atoms with Crippen molar-refractivity contribution in [2.45, 2.75) is 32.5 Å². The third-order valence-corrected chi connectivity index (χ3v) is 2.91. The highest BCUT2D eigenvalue weighted by Gasteiger charge is 2.25. The van der Waals surface area contributed by atoms with E-state index in [1.165, 1.54) is 0 Å². The van der Waals surface area contributed by atoms with Crippen molar-refractivity contribution in [3.63, 3.8) is 0 Å². The van der Waals surface area contributed by atoms with E-state index in [2.05, 4.69) is 5.32 Å². The summed E-state index contributed by atoms with van der Waals surface area (Å²) in [5, 5.41) is 2.70. The summed E-state index contributed by atoms with van der Waals surface area (Å²) in [6, 6.07) is 6.72. The highest BCUT2D eigenvalue weighted by molar-refractivity contribution is 6.02. The maximum Gasteiger partial charge on any atom is 0.340 e. The number of nitrogens with one attached hydrogen (secondary N) is 1. The van der Waals surface area contributed by atoms with Crippen molar-refractivity contribution >= 4 is 17.6 Å². The topological polar surface area (TPSA) is 73.9 Å². The lowest BCUT2D eigenvalue weighted by Crippen LogP contribution is -2.39. The molecule has 1 saturated heterocycles. The van der Waals surface area contributed by atoms with Crippen molar-refractivity contribution in [3.05, 3.63) is 29.8 Å². The highest BCUT2D eigenvalue weighted by atomic mass is 16.6. The van der Waals surface area contributed by atoms with E-state index in [1.807, 2.05) is 0 Å². The first kappa shape index (κ1) is 16.5. The first-order chi connectivity index (χ1) is 10.4. The molecule has 1 atom stereocenters. The van der Waals surface area contributed by atoms with Gasteiger partial charge < -0.3 is 19.5 Å². The summed E-state index contributed by atoms with van der Waals surface area (Å²) >= 11 is 0. The van der Waals surface area contributed by atoms with Crippen LogP contribution in [0.25, 0.3) is 0 Å². The lowest BCUT2D eigenvalue weighted by atomic mass is 10.1. The predicted octanol–water partition coefficient (Wildman–Crippen LogP) is 2.00. The molecule has 1 fully saturated rings. The van der Waals surface area contributed by atoms with Gasteiger partial charge in [-0.3, -0.25) is 4.79 Å². The van der Waals surface area contributed by atoms with E-state index in [9.17, 15) is 9.59 Å². The Labute approximate surface area is 129 Å². The molecule has 1 amide bonds. The fourth-order valence-corrected chi connectivity index (χ4v) is 1.96. The van der Waals surface area contributed by atoms with Gasteiger partial charge in [-0.05, 0) is 32.9 Å². The van der Waals surface area contributed by atoms with Crippen LogP contribution in [0.1, 0.15) is 31.1 Å². The van der Waals surface area contributed by atoms with E-state index in [-0.39, 0.29) is 12.5 Å². The van der Waals surface area contributed by atoms with Gasteiger partial charge in [0.2, 0.25) is 0 Å². The first-order valence-corrected chi connectivity index (χ1v) is 7.19. The number of hydrogen-bond donors (Lipinski definition) is 1. The van der Waals surface area contributed by atoms with E-state index in [0.717, 1.165) is 0 Å². The standard InChI is InChI=1S/C16H21NO5/c1-16(2,3)22-15(19)11-6-4-5-7-12(11)17-14(18)13-10-20-8-9-21-13/h4-7,13H,8-10H2,1-3H3,(H,17,18)/t13-/m1/s1. The monoisotopic (exact) mass is 307 g/mol. The van der Waals surface area contributed by atoms with Crippen LogP contribution in [-0.4, -0.2) is 43.4 Å². The van der Waals surface area contributed by atoms with Crippen molar-refractivity contribution in [1.82, 2.24) is 0 Å². The largest absolute Gasteiger partial charge is 0.456 e. The van der Waals surface area contributed by atoms with Crippen LogP contribution >= 0.6 is 0 Å². The van der Waals surface area contributed by atoms with Crippen molar-refractivity contribution < 1.29 is 23.8 Å². The average molecular weight is 307 g/mol. The molecular formula is C16H21NO5. The van der Waals surface area contributed by atoms with Gasteiger partial charge in [-0.25, -0.2) is 4.79 Å². The number of carbonyl (C=O) groups excluding carboxylic acids is 2. The Morgan fingerprint density at radius 3 is 2.59 bits per heavy atom. The van der Waals surface area contributed by atoms with Crippen molar-refractivity contribution in [2.75, 3.05) is 25.1 Å². The zero-order chi connectivity index (χ0) is 16.2. The van der Waals surface area contributed by atoms with E-state index in [1.54, 1.807) is 45.0 Å². The Hall–Kier alpha value is -1.92. The number of rotatable bonds is 3. The Kier molecular flexibility index (Phi) is 5.15. The molecule has 0 spiro atoms. The number of amides is 1. The summed E-state index contributed by atoms with van der Waals surface area (Å²) in [5.41, 5.74) is 0.104. The predicted molar refractivity (Wildman–Crippen MR) is 80.8 cm³/mol. The van der Waals surface area contributed by atoms with E-state index < -0.39 is 17.7 Å². The SMILES string of the molecule is CC(C)(C)OC(=O)c1ccccc1NC(=O)[C@H]1COCCO1. The highest BCUT2D eigenvalue weighted by Crippen LogP contribution is 2.20. The van der Waals surface area contributed by atoms with Gasteiger partial charge in [0.15, 0.2) is 6.10 Å². The van der Waals surface area contributed by atoms with Gasteiger partial charge >= 0.3 is 5.97 Å². The molecule has 1 heterocycles. The summed E-state index contributed by atoms with van der Waals surface area (Å²) in [6.07, 6.45) is -0.666. The third kappa shape index (κ3) is 4.54. The second-order valence-electron chi connectivity index (χ2n) is 5.97. The van der Waals surface area contributed by atoms with Gasteiger partial charge in [0.1, 0.15) is 5.60 Å². The second kappa shape index (κ2) is 6.89. The lowest BCUT2D eigenvalue weighted by molar-refractivity contribution is -0.142. The number of carbonyl (C=O) groups is 2. The first-order valence-electron chi connectivity index (χ1n) is 7.19. The van der Waals surface area contributed by atoms with Crippen molar-refractivity contribution in [2.24, 2.45) is 0 Å². The fraction of sp³-hybridized carbons (Fsp3) is 0.500. The van der Waals surface area contributed by atoms with E-state index in [0.29, 0.717) is 24.5 Å². The molecule has 1 aliphatic rings. The van der Waals surface area contributed by atoms with Gasteiger partial charge in [0, 0.05) is 0 Å². The molecule has 2 rings (SSSR count). The van der Waals surface area contributed by atoms with Gasteiger partial charge in [-0.15, -0.1) is 0 Å². The van der Waals surface area contributed by atoms with Crippen LogP contribution in [0.4, 0.5) is 5.69 Å². The molecule has 6 heteroatoms. The number of ether oxygens (including phenoxy) is 3. The molecule has 22 heavy (non-hydrogen) atoms. The van der Waals surface area contributed by atoms with E-state index in [4.69, 9.17) is 14.2 Å². The second-order valence-corrected chi connectivity index (χ2v) is 5.97. The molecule has 0 aromatic heterocycles. The van der Waals surface area contributed by atoms with Crippen LogP contribution in [0.5, 0.6) is 0 Å². The van der Waals surface area contributed by atoms with Gasteiger partial charge in [-0.1, -0.05) is 12.1 Å². The number of benzene rings is 1. The van der Waals surface area contributed by atoms with Crippen LogP contribution in [0.2, 0.25) is 0 Å². The molecule has 0 unspecified atom stereocenters. The molecule has 1 aliphatic heterocycles. The molecule has 1 N–H and O–H groups in total. The molecule has 1 aromatic rings. The van der Waals surface area contributed by atoms with Gasteiger partial charge in [-0.2, -0.15) is 0 Å². The van der Waals surface area contributed by atoms with Gasteiger partial charge in [0.05, 0.1) is 31.1 Å². The Morgan fingerprint density at radius 2 is 1.95 bits per heavy atom. The molecule has 6 nitrogen and oxygen atoms in total. The minimum atomic E-state index is -0.666. The number of anilines is 1. The minimum Gasteiger partial charge on any atom is -0.456 e. The van der Waals surface area contributed by atoms with Crippen LogP contribution < -0.4 is 5.32 Å². The zero-order valence-electron chi connectivity index (χ0n) is 13.0. The van der Waals surface area contributed by atoms with Crippen molar-refractivity contribution in [1.29, 1.82) is 0 Å². The fourth-order valence-electron chi connectivity index (χ4n) is 1.96. The maximum absolute atomic E-state index is 12.2. The molecule has 0 radical (unpaired) electrons. The number of para-hydroxylation sites is 1. The zero-order valence-corrected chi connectivity index (χ0v) is 13.0. The maximum atomic E-state index is 12.2. The Morgan fingerprint density at radius 1 is 1.23 bits per heavy atom. The van der Waals surface area contributed by atoms with Crippen LogP contribution in [0, 0.1) is 0 Å². The molecule has 1 aromatic carbocycles. The summed E-state index contributed by atoms with van der Waals surface area (Å²) in [4.78, 5) is 24.4. The third-order valence-electron chi connectivity index (χ3n) is 2.91. The average Bonchev–Trinajstić information content (AvgIpc) is 2.47. The number of esters is 1. The molecule has 0 saturated carbocycles. The van der Waals surface area contributed by atoms with E-state index >= 15 is 0 Å². The van der Waals surface area contributed by atoms with Gasteiger partial charge in [0.25, 0.3) is 5.91 Å². The smallest absolute Gasteiger partial charge is 0.340 e. The van der Waals surface area contributed by atoms with Crippen molar-refractivity contribution in [3.8, 4) is 0 Å². The Balaban J connectivity index is 2.10. The number of hydrogen-bond acceptors (Lipinski definition) is 5. The van der Waals surface area contributed by atoms with Crippen LogP contribution in [0.15, 0.2) is 24.3 Å². The summed E-state index contributed by atoms with van der Waals surface area (Å²) < 4.78 is 15.9. The molecule has 0 bridgehead atoms. The van der Waals surface area contributed by atoms with Crippen LogP contribution in [-0.2, 0) is 19.0 Å². The summed E-state index contributed by atoms with van der Waals surface area (Å²) in [6.45, 7) is 6.45. The molecule has 120 valence electrons. The molecular weight excluding hydrogens is 286 g/mol. The lowest BCUT2D eigenvalue weighted by Gasteiger charge is -2.23. The summed E-state index contributed by atoms with van der Waals surface area (Å²) in [5.74, 6) is -0.820. The Bertz CT molecular complexity index is 544. The summed E-state index contributed by atoms with van der Waals surface area (Å²) in [7, 11) is 0. The minimum absolute atomic E-state index is 0.209.